The van der Waals surface area contributed by atoms with E-state index < -0.39 is 10.0 Å². The molecule has 10 heteroatoms. The Kier molecular flexibility index (Phi) is 4.20. The van der Waals surface area contributed by atoms with Crippen molar-refractivity contribution in [3.05, 3.63) is 35.4 Å². The smallest absolute Gasteiger partial charge is 0.266 e. The number of nitrogens with one attached hydrogen (secondary N) is 2. The largest absolute Gasteiger partial charge is 0.495 e. The average Bonchev–Trinajstić information content (AvgIpc) is 2.54. The van der Waals surface area contributed by atoms with E-state index in [1.54, 1.807) is 0 Å². The summed E-state index contributed by atoms with van der Waals surface area (Å²) in [5.41, 5.74) is 0. The fourth-order valence-electron chi connectivity index (χ4n) is 2.07. The first kappa shape index (κ1) is 16.3. The monoisotopic (exact) mass is 369 g/mol. The van der Waals surface area contributed by atoms with Crippen LogP contribution >= 0.6 is 11.6 Å². The van der Waals surface area contributed by atoms with Gasteiger partial charge in [-0.15, -0.1) is 0 Å². The molecule has 2 heterocycles. The number of pyridine rings is 1. The van der Waals surface area contributed by atoms with Crippen LogP contribution in [0.3, 0.4) is 0 Å². The van der Waals surface area contributed by atoms with Gasteiger partial charge in [-0.25, -0.2) is 13.4 Å². The molecule has 1 aliphatic heterocycles. The summed E-state index contributed by atoms with van der Waals surface area (Å²) in [5.74, 6) is 0.289. The summed E-state index contributed by atoms with van der Waals surface area (Å²) in [6.45, 7) is -0.112. The lowest BCUT2D eigenvalue weighted by molar-refractivity contribution is -0.118. The van der Waals surface area contributed by atoms with Crippen molar-refractivity contribution in [2.24, 2.45) is 0 Å². The second-order valence-electron chi connectivity index (χ2n) is 4.78. The lowest BCUT2D eigenvalue weighted by Gasteiger charge is -2.18. The SMILES string of the molecule is COc1ccc(Cl)cc1S(=O)(=O)Nc1ccc2c(n1)NC(=O)CO2. The molecule has 0 radical (unpaired) electrons. The Balaban J connectivity index is 1.94. The van der Waals surface area contributed by atoms with E-state index in [0.29, 0.717) is 5.75 Å². The van der Waals surface area contributed by atoms with Crippen molar-refractivity contribution < 1.29 is 22.7 Å². The van der Waals surface area contributed by atoms with Gasteiger partial charge in [-0.2, -0.15) is 0 Å². The van der Waals surface area contributed by atoms with Gasteiger partial charge in [0.25, 0.3) is 15.9 Å². The van der Waals surface area contributed by atoms with Crippen molar-refractivity contribution in [3.63, 3.8) is 0 Å². The molecule has 1 aromatic carbocycles. The Bertz CT molecular complexity index is 917. The fourth-order valence-corrected chi connectivity index (χ4v) is 3.51. The molecule has 2 N–H and O–H groups in total. The molecule has 1 aromatic heterocycles. The molecule has 8 nitrogen and oxygen atoms in total. The van der Waals surface area contributed by atoms with Gasteiger partial charge in [-0.3, -0.25) is 9.52 Å². The van der Waals surface area contributed by atoms with Crippen LogP contribution in [0, 0.1) is 0 Å². The molecule has 0 bridgehead atoms. The number of halogens is 1. The number of anilines is 2. The molecule has 0 spiro atoms. The number of benzene rings is 1. The Labute approximate surface area is 142 Å². The zero-order chi connectivity index (χ0) is 17.3. The summed E-state index contributed by atoms with van der Waals surface area (Å²) in [6, 6.07) is 7.17. The Morgan fingerprint density at radius 3 is 2.88 bits per heavy atom. The Hall–Kier alpha value is -2.52. The van der Waals surface area contributed by atoms with Crippen LogP contribution in [0.1, 0.15) is 0 Å². The number of fused-ring (bicyclic) bond motifs is 1. The molecular formula is C14H12ClN3O5S. The molecule has 24 heavy (non-hydrogen) atoms. The summed E-state index contributed by atoms with van der Waals surface area (Å²) in [7, 11) is -2.64. The van der Waals surface area contributed by atoms with Crippen LogP contribution in [0.5, 0.6) is 11.5 Å². The van der Waals surface area contributed by atoms with Gasteiger partial charge in [0.2, 0.25) is 0 Å². The van der Waals surface area contributed by atoms with Crippen molar-refractivity contribution >= 4 is 39.2 Å². The molecule has 0 atom stereocenters. The number of hydrogen-bond acceptors (Lipinski definition) is 6. The highest BCUT2D eigenvalue weighted by Crippen LogP contribution is 2.30. The van der Waals surface area contributed by atoms with Crippen molar-refractivity contribution in [2.45, 2.75) is 4.90 Å². The standard InChI is InChI=1S/C14H12ClN3O5S/c1-22-9-3-2-8(15)6-11(9)24(20,21)18-12-5-4-10-14(16-12)17-13(19)7-23-10/h2-6H,7H2,1H3,(H2,16,17,18,19). The normalized spacial score (nSPS) is 13.5. The molecule has 0 saturated heterocycles. The van der Waals surface area contributed by atoms with Gasteiger partial charge in [-0.05, 0) is 30.3 Å². The predicted molar refractivity (Wildman–Crippen MR) is 87.2 cm³/mol. The topological polar surface area (TPSA) is 107 Å². The van der Waals surface area contributed by atoms with Gasteiger partial charge in [0.05, 0.1) is 7.11 Å². The van der Waals surface area contributed by atoms with E-state index in [9.17, 15) is 13.2 Å². The number of carbonyl (C=O) groups is 1. The van der Waals surface area contributed by atoms with Crippen molar-refractivity contribution in [2.75, 3.05) is 23.8 Å². The lowest BCUT2D eigenvalue weighted by Crippen LogP contribution is -2.26. The van der Waals surface area contributed by atoms with Crippen LogP contribution in [0.2, 0.25) is 5.02 Å². The van der Waals surface area contributed by atoms with Crippen molar-refractivity contribution in [1.82, 2.24) is 4.98 Å². The van der Waals surface area contributed by atoms with Crippen LogP contribution in [-0.4, -0.2) is 33.0 Å². The zero-order valence-corrected chi connectivity index (χ0v) is 13.9. The number of rotatable bonds is 4. The minimum absolute atomic E-state index is 0.0154. The van der Waals surface area contributed by atoms with Crippen molar-refractivity contribution in [3.8, 4) is 11.5 Å². The third-order valence-corrected chi connectivity index (χ3v) is 4.74. The predicted octanol–water partition coefficient (Wildman–Crippen LogP) is 1.88. The maximum absolute atomic E-state index is 12.6. The first-order valence-electron chi connectivity index (χ1n) is 6.69. The molecular weight excluding hydrogens is 358 g/mol. The van der Waals surface area contributed by atoms with E-state index in [-0.39, 0.29) is 39.8 Å². The lowest BCUT2D eigenvalue weighted by atomic mass is 10.3. The Morgan fingerprint density at radius 2 is 2.12 bits per heavy atom. The van der Waals surface area contributed by atoms with Gasteiger partial charge in [0, 0.05) is 5.02 Å². The van der Waals surface area contributed by atoms with Gasteiger partial charge < -0.3 is 14.8 Å². The van der Waals surface area contributed by atoms with E-state index in [1.807, 2.05) is 0 Å². The van der Waals surface area contributed by atoms with E-state index in [4.69, 9.17) is 21.1 Å². The van der Waals surface area contributed by atoms with Crippen LogP contribution in [0.25, 0.3) is 0 Å². The summed E-state index contributed by atoms with van der Waals surface area (Å²) in [4.78, 5) is 15.2. The quantitative estimate of drug-likeness (QED) is 0.852. The van der Waals surface area contributed by atoms with Gasteiger partial charge in [0.15, 0.2) is 18.2 Å². The minimum Gasteiger partial charge on any atom is -0.495 e. The number of nitrogens with zero attached hydrogens (tertiary/aromatic N) is 1. The number of sulfonamides is 1. The molecule has 0 aliphatic carbocycles. The van der Waals surface area contributed by atoms with Crippen molar-refractivity contribution in [1.29, 1.82) is 0 Å². The van der Waals surface area contributed by atoms with E-state index in [2.05, 4.69) is 15.0 Å². The number of hydrogen-bond donors (Lipinski definition) is 2. The number of aromatic nitrogens is 1. The molecule has 1 amide bonds. The maximum atomic E-state index is 12.6. The number of methoxy groups -OCH3 is 1. The molecule has 3 rings (SSSR count). The minimum atomic E-state index is -3.99. The molecule has 0 fully saturated rings. The number of ether oxygens (including phenoxy) is 2. The molecule has 2 aromatic rings. The first-order chi connectivity index (χ1) is 11.4. The number of amides is 1. The highest BCUT2D eigenvalue weighted by molar-refractivity contribution is 7.92. The van der Waals surface area contributed by atoms with E-state index in [0.717, 1.165) is 0 Å². The average molecular weight is 370 g/mol. The van der Waals surface area contributed by atoms with E-state index >= 15 is 0 Å². The molecule has 126 valence electrons. The summed E-state index contributed by atoms with van der Waals surface area (Å²) in [6.07, 6.45) is 0. The third kappa shape index (κ3) is 3.22. The summed E-state index contributed by atoms with van der Waals surface area (Å²) in [5, 5.41) is 2.75. The highest BCUT2D eigenvalue weighted by atomic mass is 35.5. The van der Waals surface area contributed by atoms with Gasteiger partial charge >= 0.3 is 0 Å². The van der Waals surface area contributed by atoms with Gasteiger partial charge in [0.1, 0.15) is 16.5 Å². The first-order valence-corrected chi connectivity index (χ1v) is 8.55. The second kappa shape index (κ2) is 6.17. The molecule has 0 unspecified atom stereocenters. The molecule has 1 aliphatic rings. The third-order valence-electron chi connectivity index (χ3n) is 3.13. The summed E-state index contributed by atoms with van der Waals surface area (Å²) < 4.78 is 37.7. The zero-order valence-electron chi connectivity index (χ0n) is 12.4. The maximum Gasteiger partial charge on any atom is 0.266 e. The molecule has 0 saturated carbocycles. The fraction of sp³-hybridized carbons (Fsp3) is 0.143. The Morgan fingerprint density at radius 1 is 1.33 bits per heavy atom. The number of carbonyl (C=O) groups excluding carboxylic acids is 1. The van der Waals surface area contributed by atoms with Crippen LogP contribution in [0.4, 0.5) is 11.6 Å². The van der Waals surface area contributed by atoms with Crippen LogP contribution in [0.15, 0.2) is 35.2 Å². The second-order valence-corrected chi connectivity index (χ2v) is 6.87. The van der Waals surface area contributed by atoms with Crippen LogP contribution in [-0.2, 0) is 14.8 Å². The van der Waals surface area contributed by atoms with Gasteiger partial charge in [-0.1, -0.05) is 11.6 Å². The van der Waals surface area contributed by atoms with E-state index in [1.165, 1.54) is 37.4 Å². The summed E-state index contributed by atoms with van der Waals surface area (Å²) >= 11 is 5.87. The van der Waals surface area contributed by atoms with Crippen LogP contribution < -0.4 is 19.5 Å². The highest BCUT2D eigenvalue weighted by Gasteiger charge is 2.23.